The predicted octanol–water partition coefficient (Wildman–Crippen LogP) is 2.20. The van der Waals surface area contributed by atoms with Crippen molar-refractivity contribution >= 4 is 40.5 Å². The van der Waals surface area contributed by atoms with E-state index in [1.807, 2.05) is 0 Å². The van der Waals surface area contributed by atoms with Gasteiger partial charge in [-0.15, -0.1) is 0 Å². The average molecular weight is 325 g/mol. The third-order valence-electron chi connectivity index (χ3n) is 1.91. The molecule has 0 aliphatic heterocycles. The van der Waals surface area contributed by atoms with Crippen LogP contribution in [0.5, 0.6) is 5.75 Å². The van der Waals surface area contributed by atoms with E-state index in [2.05, 4.69) is 9.82 Å². The van der Waals surface area contributed by atoms with Gasteiger partial charge in [0.15, 0.2) is 0 Å². The number of nitrogens with one attached hydrogen (secondary N) is 1. The molecule has 0 saturated carbocycles. The third-order valence-corrected chi connectivity index (χ3v) is 4.07. The number of nitrogens with zero attached hydrogens (tertiary/aromatic N) is 1. The lowest BCUT2D eigenvalue weighted by molar-refractivity contribution is -0.384. The van der Waals surface area contributed by atoms with Gasteiger partial charge in [0.25, 0.3) is 11.5 Å². The summed E-state index contributed by atoms with van der Waals surface area (Å²) in [6.45, 7) is -0.176. The third kappa shape index (κ3) is 5.52. The number of nitro groups is 1. The predicted molar refractivity (Wildman–Crippen MR) is 73.9 cm³/mol. The molecule has 1 rings (SSSR count). The summed E-state index contributed by atoms with van der Waals surface area (Å²) in [4.78, 5) is 20.9. The summed E-state index contributed by atoms with van der Waals surface area (Å²) in [7, 11) is 1.24. The highest BCUT2D eigenvalue weighted by atomic mass is 35.7. The summed E-state index contributed by atoms with van der Waals surface area (Å²) in [5.74, 6) is -3.18. The maximum Gasteiger partial charge on any atom is 0.320 e. The second-order valence-electron chi connectivity index (χ2n) is 3.23. The van der Waals surface area contributed by atoms with Crippen molar-refractivity contribution in [3.8, 4) is 5.75 Å². The van der Waals surface area contributed by atoms with Crippen LogP contribution in [0.4, 0.5) is 5.69 Å². The molecule has 0 saturated heterocycles. The molecule has 1 aromatic carbocycles. The van der Waals surface area contributed by atoms with E-state index < -0.39 is 16.7 Å². The maximum atomic E-state index is 10.9. The van der Waals surface area contributed by atoms with Crippen LogP contribution in [0.2, 0.25) is 0 Å². The van der Waals surface area contributed by atoms with Crippen molar-refractivity contribution in [3.05, 3.63) is 34.4 Å². The molecule has 0 spiro atoms. The average Bonchev–Trinajstić information content (AvgIpc) is 2.36. The van der Waals surface area contributed by atoms with Gasteiger partial charge in [-0.05, 0) is 35.2 Å². The molecular formula is C9H10ClN2O5PS. The number of carbonyl (C=O) groups excluding carboxylic acids is 1. The van der Waals surface area contributed by atoms with Gasteiger partial charge in [0.1, 0.15) is 12.3 Å². The second-order valence-corrected chi connectivity index (χ2v) is 8.26. The van der Waals surface area contributed by atoms with E-state index in [1.54, 1.807) is 0 Å². The van der Waals surface area contributed by atoms with Gasteiger partial charge in [0.2, 0.25) is 0 Å². The van der Waals surface area contributed by atoms with Crippen LogP contribution in [0.1, 0.15) is 0 Å². The molecule has 0 amide bonds. The molecule has 7 nitrogen and oxygen atoms in total. The zero-order valence-corrected chi connectivity index (χ0v) is 12.2. The fourth-order valence-corrected chi connectivity index (χ4v) is 2.67. The fourth-order valence-electron chi connectivity index (χ4n) is 1.03. The van der Waals surface area contributed by atoms with Crippen molar-refractivity contribution in [1.29, 1.82) is 0 Å². The first kappa shape index (κ1) is 15.8. The van der Waals surface area contributed by atoms with Crippen LogP contribution in [0, 0.1) is 10.1 Å². The summed E-state index contributed by atoms with van der Waals surface area (Å²) >= 11 is 10.9. The zero-order valence-electron chi connectivity index (χ0n) is 9.74. The monoisotopic (exact) mass is 324 g/mol. The molecule has 10 heteroatoms. The van der Waals surface area contributed by atoms with Gasteiger partial charge in [-0.3, -0.25) is 14.9 Å². The number of nitro benzene ring substituents is 1. The van der Waals surface area contributed by atoms with Crippen LogP contribution in [-0.4, -0.2) is 24.5 Å². The lowest BCUT2D eigenvalue weighted by Gasteiger charge is -2.16. The van der Waals surface area contributed by atoms with Crippen molar-refractivity contribution in [2.45, 2.75) is 0 Å². The molecule has 0 radical (unpaired) electrons. The maximum absolute atomic E-state index is 10.9. The highest BCUT2D eigenvalue weighted by molar-refractivity contribution is 8.23. The minimum atomic E-state index is -2.94. The van der Waals surface area contributed by atoms with E-state index in [0.717, 1.165) is 0 Å². The summed E-state index contributed by atoms with van der Waals surface area (Å²) in [5.41, 5.74) is -0.0715. The molecule has 0 aliphatic carbocycles. The van der Waals surface area contributed by atoms with Gasteiger partial charge < -0.3 is 9.26 Å². The van der Waals surface area contributed by atoms with Gasteiger partial charge >= 0.3 is 5.97 Å². The topological polar surface area (TPSA) is 90.7 Å². The number of hydrogen-bond acceptors (Lipinski definition) is 6. The Labute approximate surface area is 118 Å². The Morgan fingerprint density at radius 1 is 1.53 bits per heavy atom. The van der Waals surface area contributed by atoms with E-state index in [4.69, 9.17) is 27.6 Å². The van der Waals surface area contributed by atoms with Crippen LogP contribution in [0.25, 0.3) is 0 Å². The SMILES string of the molecule is COC(=O)CNP(=S)(Cl)Oc1ccc([N+](=O)[O-])cc1. The number of ether oxygens (including phenoxy) is 1. The molecule has 0 bridgehead atoms. The zero-order chi connectivity index (χ0) is 14.5. The van der Waals surface area contributed by atoms with Crippen molar-refractivity contribution < 1.29 is 19.0 Å². The Kier molecular flexibility index (Phi) is 5.68. The number of methoxy groups -OCH3 is 1. The number of halogens is 1. The van der Waals surface area contributed by atoms with Crippen molar-refractivity contribution in [2.24, 2.45) is 0 Å². The van der Waals surface area contributed by atoms with E-state index in [9.17, 15) is 14.9 Å². The normalized spacial score (nSPS) is 13.4. The minimum Gasteiger partial charge on any atom is -0.468 e. The Bertz CT molecular complexity index is 524. The van der Waals surface area contributed by atoms with Crippen molar-refractivity contribution in [2.75, 3.05) is 13.7 Å². The number of benzene rings is 1. The van der Waals surface area contributed by atoms with Crippen LogP contribution < -0.4 is 9.61 Å². The molecule has 0 heterocycles. The molecule has 1 atom stereocenters. The Hall–Kier alpha value is -1.21. The molecular weight excluding hydrogens is 315 g/mol. The summed E-state index contributed by atoms with van der Waals surface area (Å²) in [6, 6.07) is 5.28. The summed E-state index contributed by atoms with van der Waals surface area (Å²) < 4.78 is 9.70. The lowest BCUT2D eigenvalue weighted by Crippen LogP contribution is -2.21. The van der Waals surface area contributed by atoms with E-state index in [1.165, 1.54) is 31.4 Å². The van der Waals surface area contributed by atoms with Crippen LogP contribution >= 0.6 is 17.0 Å². The first-order chi connectivity index (χ1) is 8.84. The first-order valence-electron chi connectivity index (χ1n) is 4.90. The van der Waals surface area contributed by atoms with E-state index in [-0.39, 0.29) is 18.0 Å². The quantitative estimate of drug-likeness (QED) is 0.371. The Morgan fingerprint density at radius 2 is 2.11 bits per heavy atom. The lowest BCUT2D eigenvalue weighted by atomic mass is 10.3. The number of carbonyl (C=O) groups is 1. The second kappa shape index (κ2) is 6.81. The molecule has 1 aromatic rings. The molecule has 0 fully saturated rings. The molecule has 1 unspecified atom stereocenters. The van der Waals surface area contributed by atoms with Crippen molar-refractivity contribution in [3.63, 3.8) is 0 Å². The molecule has 0 aromatic heterocycles. The number of non-ortho nitro benzene ring substituents is 1. The molecule has 19 heavy (non-hydrogen) atoms. The molecule has 1 N–H and O–H groups in total. The van der Waals surface area contributed by atoms with Gasteiger partial charge in [0.05, 0.1) is 12.0 Å². The van der Waals surface area contributed by atoms with Crippen LogP contribution in [0.3, 0.4) is 0 Å². The standard InChI is InChI=1S/C9H10ClN2O5PS/c1-16-9(13)6-11-18(10,19)17-8-4-2-7(3-5-8)12(14)15/h2-5H,6H2,1H3,(H,11,19). The first-order valence-corrected chi connectivity index (χ1v) is 8.52. The smallest absolute Gasteiger partial charge is 0.320 e. The number of rotatable bonds is 6. The van der Waals surface area contributed by atoms with Crippen molar-refractivity contribution in [1.82, 2.24) is 5.09 Å². The van der Waals surface area contributed by atoms with Crippen LogP contribution in [0.15, 0.2) is 24.3 Å². The van der Waals surface area contributed by atoms with Gasteiger partial charge in [0, 0.05) is 12.1 Å². The largest absolute Gasteiger partial charge is 0.468 e. The van der Waals surface area contributed by atoms with E-state index in [0.29, 0.717) is 0 Å². The highest BCUT2D eigenvalue weighted by Gasteiger charge is 2.17. The van der Waals surface area contributed by atoms with Gasteiger partial charge in [-0.2, -0.15) is 0 Å². The van der Waals surface area contributed by atoms with Gasteiger partial charge in [-0.25, -0.2) is 5.09 Å². The fraction of sp³-hybridized carbons (Fsp3) is 0.222. The number of esters is 1. The molecule has 104 valence electrons. The molecule has 0 aliphatic rings. The van der Waals surface area contributed by atoms with Crippen LogP contribution in [-0.2, 0) is 21.3 Å². The minimum absolute atomic E-state index is 0.0715. The number of hydrogen-bond donors (Lipinski definition) is 1. The summed E-state index contributed by atoms with van der Waals surface area (Å²) in [6.07, 6.45) is 0. The van der Waals surface area contributed by atoms with Gasteiger partial charge in [-0.1, -0.05) is 0 Å². The Balaban J connectivity index is 2.64. The summed E-state index contributed by atoms with van der Waals surface area (Å²) in [5, 5.41) is 13.0. The highest BCUT2D eigenvalue weighted by Crippen LogP contribution is 2.48. The van der Waals surface area contributed by atoms with E-state index >= 15 is 0 Å². The Morgan fingerprint density at radius 3 is 2.58 bits per heavy atom.